The summed E-state index contributed by atoms with van der Waals surface area (Å²) in [4.78, 5) is 24.2. The number of nitrogens with zero attached hydrogens (tertiary/aromatic N) is 3. The van der Waals surface area contributed by atoms with E-state index in [1.165, 1.54) is 11.3 Å². The lowest BCUT2D eigenvalue weighted by Gasteiger charge is -2.15. The fraction of sp³-hybridized carbons (Fsp3) is 0.278. The third-order valence-corrected chi connectivity index (χ3v) is 5.98. The van der Waals surface area contributed by atoms with E-state index in [1.807, 2.05) is 39.9 Å². The van der Waals surface area contributed by atoms with Gasteiger partial charge in [0.1, 0.15) is 10.7 Å². The minimum absolute atomic E-state index is 0.00784. The zero-order valence-electron chi connectivity index (χ0n) is 13.5. The molecular weight excluding hydrogens is 354 g/mol. The van der Waals surface area contributed by atoms with Crippen molar-refractivity contribution in [1.82, 2.24) is 14.9 Å². The molecule has 0 aliphatic carbocycles. The quantitative estimate of drug-likeness (QED) is 0.686. The lowest BCUT2D eigenvalue weighted by atomic mass is 10.3. The van der Waals surface area contributed by atoms with Crippen molar-refractivity contribution < 1.29 is 9.53 Å². The fourth-order valence-corrected chi connectivity index (χ4v) is 4.40. The average Bonchev–Trinajstić information content (AvgIpc) is 3.41. The van der Waals surface area contributed by atoms with Crippen molar-refractivity contribution in [3.05, 3.63) is 58.7 Å². The predicted molar refractivity (Wildman–Crippen MR) is 98.8 cm³/mol. The molecule has 1 fully saturated rings. The maximum atomic E-state index is 12.7. The second-order valence-electron chi connectivity index (χ2n) is 5.85. The molecule has 3 aromatic rings. The van der Waals surface area contributed by atoms with E-state index in [-0.39, 0.29) is 12.0 Å². The third-order valence-electron chi connectivity index (χ3n) is 4.10. The van der Waals surface area contributed by atoms with Crippen LogP contribution in [0, 0.1) is 0 Å². The molecule has 7 heteroatoms. The van der Waals surface area contributed by atoms with Crippen molar-refractivity contribution in [3.63, 3.8) is 0 Å². The maximum Gasteiger partial charge on any atom is 0.273 e. The summed E-state index contributed by atoms with van der Waals surface area (Å²) in [6.07, 6.45) is 4.48. The molecule has 0 N–H and O–H groups in total. The second-order valence-corrected chi connectivity index (χ2v) is 7.66. The monoisotopic (exact) mass is 371 g/mol. The van der Waals surface area contributed by atoms with Gasteiger partial charge in [0.2, 0.25) is 0 Å². The Bertz CT molecular complexity index is 833. The molecule has 0 aromatic carbocycles. The first-order valence-corrected chi connectivity index (χ1v) is 9.85. The number of carbonyl (C=O) groups excluding carboxylic acids is 1. The number of hydrogen-bond acceptors (Lipinski definition) is 6. The van der Waals surface area contributed by atoms with Crippen LogP contribution in [-0.2, 0) is 11.3 Å². The zero-order chi connectivity index (χ0) is 17.1. The van der Waals surface area contributed by atoms with E-state index in [0.29, 0.717) is 25.4 Å². The van der Waals surface area contributed by atoms with Gasteiger partial charge in [0.05, 0.1) is 17.6 Å². The minimum Gasteiger partial charge on any atom is -0.372 e. The van der Waals surface area contributed by atoms with Gasteiger partial charge in [0.25, 0.3) is 5.91 Å². The Balaban J connectivity index is 1.34. The van der Waals surface area contributed by atoms with E-state index in [0.717, 1.165) is 21.9 Å². The van der Waals surface area contributed by atoms with E-state index in [1.54, 1.807) is 23.7 Å². The molecule has 1 aliphatic rings. The predicted octanol–water partition coefficient (Wildman–Crippen LogP) is 3.70. The van der Waals surface area contributed by atoms with Crippen LogP contribution in [0.15, 0.2) is 47.4 Å². The molecule has 25 heavy (non-hydrogen) atoms. The van der Waals surface area contributed by atoms with Gasteiger partial charge in [-0.2, -0.15) is 0 Å². The molecule has 0 saturated carbocycles. The molecule has 4 rings (SSSR count). The second kappa shape index (κ2) is 7.43. The van der Waals surface area contributed by atoms with Gasteiger partial charge in [-0.1, -0.05) is 12.1 Å². The number of aromatic nitrogens is 2. The number of rotatable bonds is 5. The molecular formula is C18H17N3O2S2. The van der Waals surface area contributed by atoms with E-state index in [9.17, 15) is 4.79 Å². The van der Waals surface area contributed by atoms with Crippen molar-refractivity contribution in [2.75, 3.05) is 13.1 Å². The molecule has 5 nitrogen and oxygen atoms in total. The first-order chi connectivity index (χ1) is 12.3. The van der Waals surface area contributed by atoms with Gasteiger partial charge in [0.15, 0.2) is 0 Å². The Labute approximate surface area is 153 Å². The van der Waals surface area contributed by atoms with Crippen molar-refractivity contribution in [3.8, 4) is 9.88 Å². The highest BCUT2D eigenvalue weighted by molar-refractivity contribution is 7.20. The summed E-state index contributed by atoms with van der Waals surface area (Å²) in [5, 5.41) is 4.77. The van der Waals surface area contributed by atoms with Gasteiger partial charge in [-0.15, -0.1) is 22.7 Å². The van der Waals surface area contributed by atoms with Gasteiger partial charge in [0, 0.05) is 30.9 Å². The lowest BCUT2D eigenvalue weighted by Crippen LogP contribution is -2.30. The van der Waals surface area contributed by atoms with Gasteiger partial charge in [-0.25, -0.2) is 4.98 Å². The van der Waals surface area contributed by atoms with Crippen molar-refractivity contribution in [2.24, 2.45) is 0 Å². The summed E-state index contributed by atoms with van der Waals surface area (Å²) >= 11 is 3.15. The summed E-state index contributed by atoms with van der Waals surface area (Å²) < 4.78 is 5.92. The SMILES string of the molecule is O=C(c1csc(-c2cccs2)n1)N1CC[C@H](OCc2cccnc2)C1. The summed E-state index contributed by atoms with van der Waals surface area (Å²) in [7, 11) is 0. The minimum atomic E-state index is -0.00784. The number of pyridine rings is 1. The van der Waals surface area contributed by atoms with Crippen LogP contribution in [0.2, 0.25) is 0 Å². The normalized spacial score (nSPS) is 17.1. The Morgan fingerprint density at radius 1 is 1.32 bits per heavy atom. The first kappa shape index (κ1) is 16.4. The van der Waals surface area contributed by atoms with Crippen LogP contribution in [0.4, 0.5) is 0 Å². The molecule has 1 atom stereocenters. The number of hydrogen-bond donors (Lipinski definition) is 0. The molecule has 3 aromatic heterocycles. The Kier molecular flexibility index (Phi) is 4.87. The molecule has 1 saturated heterocycles. The van der Waals surface area contributed by atoms with Crippen LogP contribution in [0.5, 0.6) is 0 Å². The molecule has 0 spiro atoms. The van der Waals surface area contributed by atoms with Crippen LogP contribution in [-0.4, -0.2) is 40.0 Å². The van der Waals surface area contributed by atoms with Gasteiger partial charge >= 0.3 is 0 Å². The number of thiophene rings is 1. The topological polar surface area (TPSA) is 55.3 Å². The highest BCUT2D eigenvalue weighted by Gasteiger charge is 2.28. The third kappa shape index (κ3) is 3.78. The Morgan fingerprint density at radius 2 is 2.28 bits per heavy atom. The molecule has 0 unspecified atom stereocenters. The van der Waals surface area contributed by atoms with Crippen molar-refractivity contribution in [1.29, 1.82) is 0 Å². The van der Waals surface area contributed by atoms with Gasteiger partial charge in [-0.05, 0) is 29.5 Å². The van der Waals surface area contributed by atoms with E-state index < -0.39 is 0 Å². The number of ether oxygens (including phenoxy) is 1. The van der Waals surface area contributed by atoms with E-state index in [4.69, 9.17) is 4.74 Å². The molecule has 1 amide bonds. The largest absolute Gasteiger partial charge is 0.372 e. The lowest BCUT2D eigenvalue weighted by molar-refractivity contribution is 0.0435. The highest BCUT2D eigenvalue weighted by Crippen LogP contribution is 2.28. The molecule has 0 bridgehead atoms. The fourth-order valence-electron chi connectivity index (χ4n) is 2.79. The van der Waals surface area contributed by atoms with Crippen LogP contribution in [0.3, 0.4) is 0 Å². The van der Waals surface area contributed by atoms with Crippen molar-refractivity contribution >= 4 is 28.6 Å². The molecule has 1 aliphatic heterocycles. The number of carbonyl (C=O) groups is 1. The summed E-state index contributed by atoms with van der Waals surface area (Å²) in [5.41, 5.74) is 1.58. The summed E-state index contributed by atoms with van der Waals surface area (Å²) in [5.74, 6) is -0.00784. The number of amides is 1. The van der Waals surface area contributed by atoms with Gasteiger partial charge < -0.3 is 9.64 Å². The molecule has 128 valence electrons. The van der Waals surface area contributed by atoms with Gasteiger partial charge in [-0.3, -0.25) is 9.78 Å². The highest BCUT2D eigenvalue weighted by atomic mass is 32.1. The summed E-state index contributed by atoms with van der Waals surface area (Å²) in [6.45, 7) is 1.85. The van der Waals surface area contributed by atoms with E-state index >= 15 is 0 Å². The molecule has 4 heterocycles. The molecule has 0 radical (unpaired) electrons. The number of thiazole rings is 1. The first-order valence-electron chi connectivity index (χ1n) is 8.09. The number of likely N-dealkylation sites (tertiary alicyclic amines) is 1. The van der Waals surface area contributed by atoms with E-state index in [2.05, 4.69) is 9.97 Å². The van der Waals surface area contributed by atoms with Crippen LogP contribution in [0.25, 0.3) is 9.88 Å². The van der Waals surface area contributed by atoms with Crippen LogP contribution >= 0.6 is 22.7 Å². The smallest absolute Gasteiger partial charge is 0.273 e. The van der Waals surface area contributed by atoms with Crippen molar-refractivity contribution in [2.45, 2.75) is 19.1 Å². The van der Waals surface area contributed by atoms with Crippen LogP contribution < -0.4 is 0 Å². The average molecular weight is 371 g/mol. The zero-order valence-corrected chi connectivity index (χ0v) is 15.1. The van der Waals surface area contributed by atoms with Crippen LogP contribution in [0.1, 0.15) is 22.5 Å². The Hall–Kier alpha value is -2.09. The Morgan fingerprint density at radius 3 is 3.08 bits per heavy atom. The maximum absolute atomic E-state index is 12.7. The standard InChI is InChI=1S/C18H17N3O2S2/c22-18(15-12-25-17(20-15)16-4-2-8-24-16)21-7-5-14(10-21)23-11-13-3-1-6-19-9-13/h1-4,6,8-9,12,14H,5,7,10-11H2/t14-/m0/s1. The summed E-state index contributed by atoms with van der Waals surface area (Å²) in [6, 6.07) is 7.91.